The quantitative estimate of drug-likeness (QED) is 0.558. The molecule has 0 aliphatic carbocycles. The highest BCUT2D eigenvalue weighted by atomic mass is 32.2. The number of sulfonamides is 1. The average Bonchev–Trinajstić information content (AvgIpc) is 3.12. The minimum atomic E-state index is -3.66. The van der Waals surface area contributed by atoms with Crippen molar-refractivity contribution in [1.82, 2.24) is 4.98 Å². The van der Waals surface area contributed by atoms with E-state index >= 15 is 0 Å². The van der Waals surface area contributed by atoms with Crippen LogP contribution in [0.25, 0.3) is 22.6 Å². The third kappa shape index (κ3) is 3.50. The summed E-state index contributed by atoms with van der Waals surface area (Å²) in [5.41, 5.74) is 2.31. The number of fused-ring (bicyclic) bond motifs is 1. The van der Waals surface area contributed by atoms with Crippen LogP contribution in [0.3, 0.4) is 0 Å². The van der Waals surface area contributed by atoms with Crippen LogP contribution in [0.4, 0.5) is 5.69 Å². The zero-order valence-electron chi connectivity index (χ0n) is 14.4. The number of rotatable bonds is 5. The summed E-state index contributed by atoms with van der Waals surface area (Å²) in [6.45, 7) is 0. The van der Waals surface area contributed by atoms with Gasteiger partial charge in [-0.15, -0.1) is 0 Å². The van der Waals surface area contributed by atoms with Crippen LogP contribution in [0.2, 0.25) is 0 Å². The first-order valence-corrected chi connectivity index (χ1v) is 9.66. The first-order chi connectivity index (χ1) is 13.0. The van der Waals surface area contributed by atoms with Crippen molar-refractivity contribution in [2.45, 2.75) is 4.90 Å². The molecule has 0 fully saturated rings. The zero-order chi connectivity index (χ0) is 18.9. The lowest BCUT2D eigenvalue weighted by Crippen LogP contribution is -2.12. The highest BCUT2D eigenvalue weighted by molar-refractivity contribution is 7.92. The molecule has 0 amide bonds. The van der Waals surface area contributed by atoms with Gasteiger partial charge in [-0.3, -0.25) is 4.72 Å². The van der Waals surface area contributed by atoms with Gasteiger partial charge in [0.1, 0.15) is 11.3 Å². The van der Waals surface area contributed by atoms with Gasteiger partial charge in [-0.2, -0.15) is 0 Å². The van der Waals surface area contributed by atoms with Crippen LogP contribution in [0.5, 0.6) is 5.75 Å². The molecular weight excluding hydrogens is 364 g/mol. The van der Waals surface area contributed by atoms with E-state index in [0.717, 1.165) is 5.56 Å². The van der Waals surface area contributed by atoms with E-state index in [1.807, 2.05) is 24.3 Å². The lowest BCUT2D eigenvalue weighted by atomic mass is 10.2. The smallest absolute Gasteiger partial charge is 0.261 e. The number of nitrogens with one attached hydrogen (secondary N) is 1. The van der Waals surface area contributed by atoms with E-state index in [4.69, 9.17) is 9.15 Å². The summed E-state index contributed by atoms with van der Waals surface area (Å²) in [4.78, 5) is 4.66. The maximum Gasteiger partial charge on any atom is 0.261 e. The number of anilines is 1. The Morgan fingerprint density at radius 3 is 2.56 bits per heavy atom. The Balaban J connectivity index is 1.67. The molecule has 0 saturated heterocycles. The second-order valence-electron chi connectivity index (χ2n) is 5.85. The van der Waals surface area contributed by atoms with Crippen molar-refractivity contribution in [2.75, 3.05) is 11.8 Å². The number of hydrogen-bond donors (Lipinski definition) is 1. The van der Waals surface area contributed by atoms with Crippen LogP contribution in [0.1, 0.15) is 0 Å². The minimum Gasteiger partial charge on any atom is -0.497 e. The summed E-state index contributed by atoms with van der Waals surface area (Å²) in [6.07, 6.45) is 0. The van der Waals surface area contributed by atoms with Crippen LogP contribution >= 0.6 is 0 Å². The van der Waals surface area contributed by atoms with Crippen molar-refractivity contribution in [1.29, 1.82) is 0 Å². The number of ether oxygens (including phenoxy) is 1. The second-order valence-corrected chi connectivity index (χ2v) is 7.53. The Morgan fingerprint density at radius 2 is 1.78 bits per heavy atom. The monoisotopic (exact) mass is 380 g/mol. The summed E-state index contributed by atoms with van der Waals surface area (Å²) in [5, 5.41) is 0. The van der Waals surface area contributed by atoms with Crippen LogP contribution in [-0.4, -0.2) is 20.5 Å². The third-order valence-corrected chi connectivity index (χ3v) is 5.41. The van der Waals surface area contributed by atoms with E-state index < -0.39 is 10.0 Å². The summed E-state index contributed by atoms with van der Waals surface area (Å²) >= 11 is 0. The SMILES string of the molecule is COc1cccc(-c2nc3cc(NS(=O)(=O)c4ccccc4)ccc3o2)c1. The molecule has 6 nitrogen and oxygen atoms in total. The fourth-order valence-corrected chi connectivity index (χ4v) is 3.75. The molecule has 136 valence electrons. The van der Waals surface area contributed by atoms with E-state index in [0.29, 0.717) is 28.4 Å². The fourth-order valence-electron chi connectivity index (χ4n) is 2.68. The molecule has 0 aliphatic rings. The van der Waals surface area contributed by atoms with Crippen LogP contribution in [-0.2, 0) is 10.0 Å². The molecule has 0 spiro atoms. The van der Waals surface area contributed by atoms with Crippen molar-refractivity contribution in [3.05, 3.63) is 72.8 Å². The van der Waals surface area contributed by atoms with Crippen LogP contribution in [0.15, 0.2) is 82.1 Å². The van der Waals surface area contributed by atoms with E-state index in [2.05, 4.69) is 9.71 Å². The van der Waals surface area contributed by atoms with E-state index in [9.17, 15) is 8.42 Å². The van der Waals surface area contributed by atoms with E-state index in [-0.39, 0.29) is 4.90 Å². The predicted molar refractivity (Wildman–Crippen MR) is 103 cm³/mol. The molecule has 3 aromatic carbocycles. The third-order valence-electron chi connectivity index (χ3n) is 4.01. The molecule has 4 rings (SSSR count). The zero-order valence-corrected chi connectivity index (χ0v) is 15.2. The molecule has 0 radical (unpaired) electrons. The van der Waals surface area contributed by atoms with Gasteiger partial charge in [-0.05, 0) is 48.5 Å². The Morgan fingerprint density at radius 1 is 0.963 bits per heavy atom. The second kappa shape index (κ2) is 6.77. The van der Waals surface area contributed by atoms with Gasteiger partial charge in [0, 0.05) is 5.56 Å². The molecule has 0 bridgehead atoms. The number of methoxy groups -OCH3 is 1. The Bertz CT molecular complexity index is 1200. The van der Waals surface area contributed by atoms with Crippen molar-refractivity contribution in [3.8, 4) is 17.2 Å². The maximum atomic E-state index is 12.5. The molecule has 7 heteroatoms. The van der Waals surface area contributed by atoms with Gasteiger partial charge in [-0.1, -0.05) is 24.3 Å². The molecule has 1 heterocycles. The molecule has 0 saturated carbocycles. The standard InChI is InChI=1S/C20H16N2O4S/c1-25-16-7-5-6-14(12-16)20-21-18-13-15(10-11-19(18)26-20)22-27(23,24)17-8-3-2-4-9-17/h2-13,22H,1H3. The molecule has 27 heavy (non-hydrogen) atoms. The van der Waals surface area contributed by atoms with Crippen molar-refractivity contribution in [3.63, 3.8) is 0 Å². The molecule has 1 aromatic heterocycles. The minimum absolute atomic E-state index is 0.197. The molecule has 0 atom stereocenters. The van der Waals surface area contributed by atoms with Gasteiger partial charge >= 0.3 is 0 Å². The number of nitrogens with zero attached hydrogens (tertiary/aromatic N) is 1. The topological polar surface area (TPSA) is 81.4 Å². The largest absolute Gasteiger partial charge is 0.497 e. The first-order valence-electron chi connectivity index (χ1n) is 8.18. The van der Waals surface area contributed by atoms with E-state index in [1.165, 1.54) is 12.1 Å². The van der Waals surface area contributed by atoms with Gasteiger partial charge in [0.15, 0.2) is 5.58 Å². The Labute approximate surface area is 156 Å². The van der Waals surface area contributed by atoms with Gasteiger partial charge in [0.2, 0.25) is 5.89 Å². The first kappa shape index (κ1) is 17.1. The molecular formula is C20H16N2O4S. The lowest BCUT2D eigenvalue weighted by Gasteiger charge is -2.07. The highest BCUT2D eigenvalue weighted by Gasteiger charge is 2.15. The number of hydrogen-bond acceptors (Lipinski definition) is 5. The Kier molecular flexibility index (Phi) is 4.29. The molecule has 0 aliphatic heterocycles. The number of oxazole rings is 1. The van der Waals surface area contributed by atoms with Crippen molar-refractivity contribution in [2.24, 2.45) is 0 Å². The van der Waals surface area contributed by atoms with Crippen molar-refractivity contribution < 1.29 is 17.6 Å². The predicted octanol–water partition coefficient (Wildman–Crippen LogP) is 4.30. The van der Waals surface area contributed by atoms with Gasteiger partial charge in [0.05, 0.1) is 17.7 Å². The fraction of sp³-hybridized carbons (Fsp3) is 0.0500. The average molecular weight is 380 g/mol. The molecule has 1 N–H and O–H groups in total. The number of benzene rings is 3. The van der Waals surface area contributed by atoms with Crippen molar-refractivity contribution >= 4 is 26.8 Å². The van der Waals surface area contributed by atoms with Gasteiger partial charge in [-0.25, -0.2) is 13.4 Å². The summed E-state index contributed by atoms with van der Waals surface area (Å²) in [6, 6.07) is 20.5. The number of aromatic nitrogens is 1. The lowest BCUT2D eigenvalue weighted by molar-refractivity contribution is 0.415. The maximum absolute atomic E-state index is 12.5. The molecule has 4 aromatic rings. The summed E-state index contributed by atoms with van der Waals surface area (Å²) in [5.74, 6) is 1.14. The van der Waals surface area contributed by atoms with Gasteiger partial charge < -0.3 is 9.15 Å². The summed E-state index contributed by atoms with van der Waals surface area (Å²) < 4.78 is 38.5. The summed E-state index contributed by atoms with van der Waals surface area (Å²) in [7, 11) is -2.07. The highest BCUT2D eigenvalue weighted by Crippen LogP contribution is 2.28. The van der Waals surface area contributed by atoms with Crippen LogP contribution in [0, 0.1) is 0 Å². The van der Waals surface area contributed by atoms with Crippen LogP contribution < -0.4 is 9.46 Å². The van der Waals surface area contributed by atoms with E-state index in [1.54, 1.807) is 43.5 Å². The normalized spacial score (nSPS) is 11.4. The Hall–Kier alpha value is -3.32. The van der Waals surface area contributed by atoms with Gasteiger partial charge in [0.25, 0.3) is 10.0 Å². The molecule has 0 unspecified atom stereocenters.